The molecule has 2 aromatic rings. The molecule has 0 fully saturated rings. The number of halogens is 1. The molecule has 2 aromatic carbocycles. The van der Waals surface area contributed by atoms with E-state index in [9.17, 15) is 9.59 Å². The van der Waals surface area contributed by atoms with Crippen molar-refractivity contribution in [1.82, 2.24) is 0 Å². The maximum atomic E-state index is 12.6. The lowest BCUT2D eigenvalue weighted by Crippen LogP contribution is -2.16. The fraction of sp³-hybridized carbons (Fsp3) is 0.263. The zero-order chi connectivity index (χ0) is 18.2. The van der Waals surface area contributed by atoms with E-state index in [0.717, 1.165) is 4.90 Å². The van der Waals surface area contributed by atoms with Crippen LogP contribution in [0.4, 0.5) is 0 Å². The second-order valence-electron chi connectivity index (χ2n) is 5.16. The van der Waals surface area contributed by atoms with Crippen molar-refractivity contribution in [2.75, 3.05) is 13.7 Å². The smallest absolute Gasteiger partial charge is 0.323 e. The summed E-state index contributed by atoms with van der Waals surface area (Å²) in [7, 11) is 1.33. The number of thioether (sulfide) groups is 1. The second-order valence-corrected chi connectivity index (χ2v) is 6.77. The third-order valence-electron chi connectivity index (χ3n) is 3.45. The lowest BCUT2D eigenvalue weighted by Gasteiger charge is -2.19. The van der Waals surface area contributed by atoms with Crippen LogP contribution in [0.2, 0.25) is 5.02 Å². The molecular formula is C19H19ClO4S. The van der Waals surface area contributed by atoms with E-state index in [2.05, 4.69) is 0 Å². The van der Waals surface area contributed by atoms with Gasteiger partial charge in [0.1, 0.15) is 5.25 Å². The molecule has 0 heterocycles. The summed E-state index contributed by atoms with van der Waals surface area (Å²) in [6, 6.07) is 14.7. The van der Waals surface area contributed by atoms with Crippen LogP contribution >= 0.6 is 23.4 Å². The van der Waals surface area contributed by atoms with Gasteiger partial charge in [0.2, 0.25) is 0 Å². The highest BCUT2D eigenvalue weighted by molar-refractivity contribution is 8.00. The van der Waals surface area contributed by atoms with Crippen molar-refractivity contribution >= 4 is 35.3 Å². The molecule has 0 radical (unpaired) electrons. The predicted molar refractivity (Wildman–Crippen MR) is 98.8 cm³/mol. The van der Waals surface area contributed by atoms with E-state index < -0.39 is 5.25 Å². The fourth-order valence-corrected chi connectivity index (χ4v) is 3.57. The minimum absolute atomic E-state index is 0.0637. The molecule has 0 aliphatic carbocycles. The summed E-state index contributed by atoms with van der Waals surface area (Å²) in [5, 5.41) is -0.132. The molecule has 4 nitrogen and oxygen atoms in total. The third kappa shape index (κ3) is 5.51. The van der Waals surface area contributed by atoms with E-state index in [1.165, 1.54) is 18.9 Å². The first kappa shape index (κ1) is 19.3. The molecule has 0 saturated heterocycles. The van der Waals surface area contributed by atoms with Gasteiger partial charge in [-0.05, 0) is 42.3 Å². The van der Waals surface area contributed by atoms with E-state index >= 15 is 0 Å². The van der Waals surface area contributed by atoms with Crippen molar-refractivity contribution in [3.63, 3.8) is 0 Å². The van der Waals surface area contributed by atoms with Crippen molar-refractivity contribution in [2.24, 2.45) is 0 Å². The quantitative estimate of drug-likeness (QED) is 0.526. The van der Waals surface area contributed by atoms with Gasteiger partial charge in [-0.25, -0.2) is 0 Å². The van der Waals surface area contributed by atoms with Crippen LogP contribution in [0, 0.1) is 0 Å². The molecule has 25 heavy (non-hydrogen) atoms. The Labute approximate surface area is 156 Å². The Balaban J connectivity index is 2.43. The number of carbonyl (C=O) groups excluding carboxylic acids is 2. The van der Waals surface area contributed by atoms with Crippen LogP contribution in [0.1, 0.15) is 23.3 Å². The summed E-state index contributed by atoms with van der Waals surface area (Å²) >= 11 is 7.50. The minimum Gasteiger partial charge on any atom is -0.469 e. The Kier molecular flexibility index (Phi) is 7.34. The van der Waals surface area contributed by atoms with E-state index in [-0.39, 0.29) is 25.0 Å². The predicted octanol–water partition coefficient (Wildman–Crippen LogP) is 4.45. The van der Waals surface area contributed by atoms with Crippen LogP contribution in [-0.4, -0.2) is 25.7 Å². The molecule has 0 spiro atoms. The van der Waals surface area contributed by atoms with Gasteiger partial charge < -0.3 is 9.47 Å². The number of rotatable bonds is 7. The fourth-order valence-electron chi connectivity index (χ4n) is 2.29. The lowest BCUT2D eigenvalue weighted by molar-refractivity contribution is -0.143. The first-order chi connectivity index (χ1) is 12.0. The summed E-state index contributed by atoms with van der Waals surface area (Å²) in [6.07, 6.45) is 0.0637. The van der Waals surface area contributed by atoms with Crippen LogP contribution in [0.5, 0.6) is 0 Å². The van der Waals surface area contributed by atoms with E-state index in [1.54, 1.807) is 25.1 Å². The average molecular weight is 379 g/mol. The zero-order valence-corrected chi connectivity index (χ0v) is 15.6. The Morgan fingerprint density at radius 3 is 2.52 bits per heavy atom. The van der Waals surface area contributed by atoms with Gasteiger partial charge in [0, 0.05) is 9.92 Å². The highest BCUT2D eigenvalue weighted by atomic mass is 35.5. The number of methoxy groups -OCH3 is 1. The Morgan fingerprint density at radius 2 is 1.88 bits per heavy atom. The van der Waals surface area contributed by atoms with Gasteiger partial charge in [0.15, 0.2) is 0 Å². The van der Waals surface area contributed by atoms with Crippen molar-refractivity contribution in [2.45, 2.75) is 23.5 Å². The van der Waals surface area contributed by atoms with Gasteiger partial charge in [0.05, 0.1) is 20.1 Å². The zero-order valence-electron chi connectivity index (χ0n) is 14.0. The molecular weight excluding hydrogens is 360 g/mol. The maximum Gasteiger partial charge on any atom is 0.323 e. The van der Waals surface area contributed by atoms with Crippen molar-refractivity contribution in [1.29, 1.82) is 0 Å². The summed E-state index contributed by atoms with van der Waals surface area (Å²) < 4.78 is 9.99. The topological polar surface area (TPSA) is 52.6 Å². The first-order valence-electron chi connectivity index (χ1n) is 7.78. The van der Waals surface area contributed by atoms with Crippen LogP contribution < -0.4 is 0 Å². The number of benzene rings is 2. The monoisotopic (exact) mass is 378 g/mol. The standard InChI is InChI=1S/C19H19ClO4S/c1-3-24-19(22)18(25-15-7-5-4-6-8-15)16-12-14(20)10-9-13(16)11-17(21)23-2/h4-10,12,18H,3,11H2,1-2H3. The summed E-state index contributed by atoms with van der Waals surface area (Å²) in [5.41, 5.74) is 1.35. The summed E-state index contributed by atoms with van der Waals surface area (Å²) in [5.74, 6) is -0.749. The summed E-state index contributed by atoms with van der Waals surface area (Å²) in [4.78, 5) is 25.2. The van der Waals surface area contributed by atoms with E-state index in [1.807, 2.05) is 30.3 Å². The maximum absolute atomic E-state index is 12.6. The first-order valence-corrected chi connectivity index (χ1v) is 9.04. The number of hydrogen-bond donors (Lipinski definition) is 0. The van der Waals surface area contributed by atoms with E-state index in [0.29, 0.717) is 16.1 Å². The van der Waals surface area contributed by atoms with Crippen LogP contribution in [0.3, 0.4) is 0 Å². The van der Waals surface area contributed by atoms with Gasteiger partial charge in [-0.15, -0.1) is 11.8 Å². The lowest BCUT2D eigenvalue weighted by atomic mass is 10.0. The second kappa shape index (κ2) is 9.49. The molecule has 0 aromatic heterocycles. The molecule has 1 unspecified atom stereocenters. The Morgan fingerprint density at radius 1 is 1.16 bits per heavy atom. The SMILES string of the molecule is CCOC(=O)C(Sc1ccccc1)c1cc(Cl)ccc1CC(=O)OC. The number of esters is 2. The molecule has 0 bridgehead atoms. The molecule has 0 N–H and O–H groups in total. The van der Waals surface area contributed by atoms with Crippen molar-refractivity contribution in [3.8, 4) is 0 Å². The average Bonchev–Trinajstić information content (AvgIpc) is 2.62. The highest BCUT2D eigenvalue weighted by Crippen LogP contribution is 2.39. The summed E-state index contributed by atoms with van der Waals surface area (Å²) in [6.45, 7) is 2.03. The molecule has 1 atom stereocenters. The number of carbonyl (C=O) groups is 2. The molecule has 0 aliphatic heterocycles. The minimum atomic E-state index is -0.624. The highest BCUT2D eigenvalue weighted by Gasteiger charge is 2.27. The molecule has 2 rings (SSSR count). The molecule has 0 amide bonds. The van der Waals surface area contributed by atoms with Crippen LogP contribution in [-0.2, 0) is 25.5 Å². The number of hydrogen-bond acceptors (Lipinski definition) is 5. The Bertz CT molecular complexity index is 733. The third-order valence-corrected chi connectivity index (χ3v) is 4.91. The van der Waals surface area contributed by atoms with E-state index in [4.69, 9.17) is 21.1 Å². The van der Waals surface area contributed by atoms with Gasteiger partial charge in [0.25, 0.3) is 0 Å². The van der Waals surface area contributed by atoms with Crippen molar-refractivity contribution in [3.05, 3.63) is 64.7 Å². The number of ether oxygens (including phenoxy) is 2. The molecule has 6 heteroatoms. The van der Waals surface area contributed by atoms with Crippen LogP contribution in [0.25, 0.3) is 0 Å². The largest absolute Gasteiger partial charge is 0.469 e. The molecule has 132 valence electrons. The van der Waals surface area contributed by atoms with Crippen LogP contribution in [0.15, 0.2) is 53.4 Å². The Hall–Kier alpha value is -1.98. The molecule has 0 saturated carbocycles. The van der Waals surface area contributed by atoms with Crippen molar-refractivity contribution < 1.29 is 19.1 Å². The van der Waals surface area contributed by atoms with Gasteiger partial charge in [-0.1, -0.05) is 35.9 Å². The molecule has 0 aliphatic rings. The van der Waals surface area contributed by atoms with Gasteiger partial charge >= 0.3 is 11.9 Å². The van der Waals surface area contributed by atoms with Gasteiger partial charge in [-0.3, -0.25) is 9.59 Å². The van der Waals surface area contributed by atoms with Gasteiger partial charge in [-0.2, -0.15) is 0 Å². The normalized spacial score (nSPS) is 11.6.